The molecule has 0 aliphatic rings. The number of hydrogen-bond donors (Lipinski definition) is 6. The normalized spacial score (nSPS) is 11.8. The Bertz CT molecular complexity index is 7730. The second kappa shape index (κ2) is 48.0. The molecule has 149 heavy (non-hydrogen) atoms. The Balaban J connectivity index is 0.000000140. The van der Waals surface area contributed by atoms with Crippen molar-refractivity contribution in [3.63, 3.8) is 0 Å². The average Bonchev–Trinajstić information content (AvgIpc) is 1.72. The molecule has 0 spiro atoms. The van der Waals surface area contributed by atoms with Crippen LogP contribution in [0.4, 0.5) is 69.0 Å². The van der Waals surface area contributed by atoms with Crippen LogP contribution in [0, 0.1) is 13.8 Å². The summed E-state index contributed by atoms with van der Waals surface area (Å²) < 4.78 is 25.7. The van der Waals surface area contributed by atoms with Crippen LogP contribution in [-0.2, 0) is 78.5 Å². The molecule has 0 saturated carbocycles. The summed E-state index contributed by atoms with van der Waals surface area (Å²) >= 11 is 0. The summed E-state index contributed by atoms with van der Waals surface area (Å²) in [6.07, 6.45) is 36.5. The first-order valence-corrected chi connectivity index (χ1v) is 50.0. The van der Waals surface area contributed by atoms with E-state index in [1.807, 2.05) is 330 Å². The van der Waals surface area contributed by atoms with Gasteiger partial charge >= 0.3 is 34.9 Å². The van der Waals surface area contributed by atoms with E-state index in [4.69, 9.17) is 0 Å². The number of benzene rings is 12. The fourth-order valence-corrected chi connectivity index (χ4v) is 18.2. The zero-order valence-electron chi connectivity index (χ0n) is 82.8. The van der Waals surface area contributed by atoms with E-state index in [1.165, 1.54) is 0 Å². The highest BCUT2D eigenvalue weighted by Gasteiger charge is 2.24. The zero-order valence-corrected chi connectivity index (χ0v) is 82.8. The molecule has 9 aromatic heterocycles. The van der Waals surface area contributed by atoms with Gasteiger partial charge in [-0.3, -0.25) is 0 Å². The van der Waals surface area contributed by atoms with Crippen molar-refractivity contribution in [3.05, 3.63) is 420 Å². The van der Waals surface area contributed by atoms with Gasteiger partial charge in [0.2, 0.25) is 19.0 Å². The van der Waals surface area contributed by atoms with Gasteiger partial charge in [0.1, 0.15) is 71.7 Å². The molecule has 6 N–H and O–H groups in total. The smallest absolute Gasteiger partial charge is 0.350 e. The molecule has 0 amide bonds. The second-order valence-corrected chi connectivity index (χ2v) is 36.4. The molecule has 0 atom stereocenters. The van der Waals surface area contributed by atoms with Crippen LogP contribution in [0.5, 0.6) is 34.5 Å². The minimum atomic E-state index is 0.109. The second-order valence-electron chi connectivity index (χ2n) is 36.4. The number of pyridine rings is 6. The van der Waals surface area contributed by atoms with Gasteiger partial charge in [-0.15, -0.1) is 0 Å². The van der Waals surface area contributed by atoms with E-state index in [-0.39, 0.29) is 34.5 Å². The fraction of sp³-hybridized carbons (Fsp3) is 0.168. The van der Waals surface area contributed by atoms with Crippen LogP contribution in [0.2, 0.25) is 0 Å². The van der Waals surface area contributed by atoms with Gasteiger partial charge in [-0.25, -0.2) is 54.8 Å². The molecule has 9 heterocycles. The summed E-state index contributed by atoms with van der Waals surface area (Å²) in [6, 6.07) is 100. The van der Waals surface area contributed by atoms with Crippen LogP contribution < -0.4 is 41.1 Å². The van der Waals surface area contributed by atoms with Gasteiger partial charge in [-0.2, -0.15) is 0 Å². The molecule has 21 aromatic rings. The fourth-order valence-electron chi connectivity index (χ4n) is 18.2. The third-order valence-corrected chi connectivity index (χ3v) is 25.9. The number of imidazole rings is 3. The summed E-state index contributed by atoms with van der Waals surface area (Å²) in [5.41, 5.74) is 5.04. The van der Waals surface area contributed by atoms with Crippen LogP contribution in [0.25, 0.3) is 64.6 Å². The Morgan fingerprint density at radius 3 is 0.638 bits per heavy atom. The molecule has 21 rings (SSSR count). The molecule has 30 nitrogen and oxygen atoms in total. The van der Waals surface area contributed by atoms with E-state index >= 15 is 0 Å². The zero-order chi connectivity index (χ0) is 102. The van der Waals surface area contributed by atoms with E-state index in [2.05, 4.69) is 172 Å². The van der Waals surface area contributed by atoms with Gasteiger partial charge in [0.25, 0.3) is 0 Å². The average molecular weight is 1980 g/mol. The number of nitrogens with zero attached hydrogens (tertiary/aromatic N) is 24. The molecule has 0 fully saturated rings. The largest absolute Gasteiger partial charge is 0.506 e. The number of phenols is 6. The van der Waals surface area contributed by atoms with E-state index < -0.39 is 0 Å². The first kappa shape index (κ1) is 98.9. The maximum Gasteiger partial charge on any atom is 0.350 e. The number of hydrogen-bond acceptors (Lipinski definition) is 18. The molecule has 12 aromatic carbocycles. The third kappa shape index (κ3) is 25.1. The van der Waals surface area contributed by atoms with Crippen LogP contribution in [0.3, 0.4) is 0 Å². The van der Waals surface area contributed by atoms with Crippen molar-refractivity contribution in [2.75, 3.05) is 0 Å². The Hall–Kier alpha value is -18.9. The third-order valence-electron chi connectivity index (χ3n) is 25.9. The molecule has 0 saturated heterocycles. The highest BCUT2D eigenvalue weighted by Crippen LogP contribution is 2.43. The van der Waals surface area contributed by atoms with Gasteiger partial charge in [-0.1, -0.05) is 205 Å². The van der Waals surface area contributed by atoms with E-state index in [9.17, 15) is 30.6 Å². The van der Waals surface area contributed by atoms with Crippen molar-refractivity contribution in [1.82, 2.24) is 13.7 Å². The lowest BCUT2D eigenvalue weighted by Crippen LogP contribution is -2.38. The summed E-state index contributed by atoms with van der Waals surface area (Å²) in [5, 5.41) is 128. The topological polar surface area (TPSA) is 319 Å². The van der Waals surface area contributed by atoms with Gasteiger partial charge in [0.05, 0.1) is 146 Å². The number of aromatic nitrogens is 12. The maximum atomic E-state index is 10.6. The van der Waals surface area contributed by atoms with Gasteiger partial charge in [0, 0.05) is 107 Å². The molecular formula is C119H115N24O6+9. The highest BCUT2D eigenvalue weighted by atomic mass is 16.3. The van der Waals surface area contributed by atoms with Crippen molar-refractivity contribution in [1.29, 1.82) is 0 Å². The van der Waals surface area contributed by atoms with Crippen molar-refractivity contribution >= 4 is 134 Å². The maximum absolute atomic E-state index is 10.6. The van der Waals surface area contributed by atoms with Crippen molar-refractivity contribution in [3.8, 4) is 34.5 Å². The Labute approximate surface area is 860 Å². The minimum absolute atomic E-state index is 0.109. The Morgan fingerprint density at radius 1 is 0.195 bits per heavy atom. The van der Waals surface area contributed by atoms with Crippen LogP contribution in [0.15, 0.2) is 470 Å². The van der Waals surface area contributed by atoms with Gasteiger partial charge < -0.3 is 30.6 Å². The predicted octanol–water partition coefficient (Wildman–Crippen LogP) is 24.9. The predicted molar refractivity (Wildman–Crippen MR) is 570 cm³/mol. The summed E-state index contributed by atoms with van der Waals surface area (Å²) in [5.74, 6) is 5.02. The number of aromatic hydroxyl groups is 6. The number of azo groups is 6. The van der Waals surface area contributed by atoms with Crippen molar-refractivity contribution in [2.24, 2.45) is 61.4 Å². The minimum Gasteiger partial charge on any atom is -0.506 e. The van der Waals surface area contributed by atoms with Crippen molar-refractivity contribution < 1.29 is 71.7 Å². The number of aryl methyl sites for hydroxylation is 14. The first-order valence-electron chi connectivity index (χ1n) is 50.0. The van der Waals surface area contributed by atoms with E-state index in [0.717, 1.165) is 228 Å². The molecule has 0 aliphatic carbocycles. The van der Waals surface area contributed by atoms with Crippen molar-refractivity contribution in [2.45, 2.75) is 131 Å². The Kier molecular flexibility index (Phi) is 31.9. The molecule has 30 heteroatoms. The lowest BCUT2D eigenvalue weighted by molar-refractivity contribution is -0.721. The lowest BCUT2D eigenvalue weighted by atomic mass is 10.1. The summed E-state index contributed by atoms with van der Waals surface area (Å²) in [6.45, 7) is 13.8. The molecule has 738 valence electrons. The standard InChI is InChI=1S/C41H39N8O2.2C39H35N8O2/c1-30-11-13-32-15-17-36(50)40(34(32)27-30)44-42-38-9-3-5-21-48(38)23-7-19-46-25-26-47(29-46)20-8-24-49-22-6-4-10-39(49)43-45-41-35-28-31(2)12-14-33(35)16-18-37(41)51;2*48-34-19-17-30-11-1-3-13-32(30)38(34)42-40-36-15-5-7-23-46(36)25-9-21-44-27-28-45(29-44)22-10-26-47-24-8-6-16-37(47)41-43-39-33-14-4-2-12-31(33)18-20-35(39)49/h3-6,9-18,21-22,25-29H,7-8,19-20,23-24H2,1-2H3;2*1-8,11-20,23-24,27-29H,9-10,21-22,25-26H2/q3*+1/p+6. The molecule has 0 bridgehead atoms. The summed E-state index contributed by atoms with van der Waals surface area (Å²) in [4.78, 5) is 0. The van der Waals surface area contributed by atoms with Gasteiger partial charge in [-0.05, 0) is 162 Å². The number of fused-ring (bicyclic) bond motifs is 6. The number of phenolic OH excluding ortho intramolecular Hbond substituents is 6. The van der Waals surface area contributed by atoms with Gasteiger partial charge in [0.15, 0.2) is 34.1 Å². The SMILES string of the molecule is Cc1ccc2ccc(O)c(N=Nc3cccc[n+]3CCCn3cc[n+](CCC[n+]4ccccc4N=Nc4c(O)ccc5ccc(C)cc45)c3)c2c1.Oc1ccc2ccccc2c1N=Nc1cccc[n+]1CCCn1cc[n+](CCC[n+]2ccccc2N=Nc2c(O)ccc3ccccc23)c1.Oc1ccc2ccccc2c1N=Nc1cccc[n+]1CCCn1cc[n+](CCC[n+]2ccccc2N=Nc2c(O)ccc3ccccc23)c1. The number of rotatable bonds is 36. The molecule has 0 aliphatic heterocycles. The Morgan fingerprint density at radius 2 is 0.396 bits per heavy atom. The lowest BCUT2D eigenvalue weighted by Gasteiger charge is -2.04. The van der Waals surface area contributed by atoms with E-state index in [0.29, 0.717) is 34.1 Å². The van der Waals surface area contributed by atoms with Crippen LogP contribution >= 0.6 is 0 Å². The summed E-state index contributed by atoms with van der Waals surface area (Å²) in [7, 11) is 0. The monoisotopic (exact) mass is 1980 g/mol. The first-order chi connectivity index (χ1) is 73.1. The quantitative estimate of drug-likeness (QED) is 0.0164. The molecule has 0 unspecified atom stereocenters. The molecular weight excluding hydrogens is 1860 g/mol. The van der Waals surface area contributed by atoms with E-state index in [1.54, 1.807) is 36.4 Å². The van der Waals surface area contributed by atoms with Crippen LogP contribution in [0.1, 0.15) is 49.7 Å². The van der Waals surface area contributed by atoms with Crippen LogP contribution in [-0.4, -0.2) is 44.3 Å². The molecule has 0 radical (unpaired) electrons. The highest BCUT2D eigenvalue weighted by molar-refractivity contribution is 6.00.